The lowest BCUT2D eigenvalue weighted by molar-refractivity contribution is -0.120. The zero-order valence-electron chi connectivity index (χ0n) is 13.6. The van der Waals surface area contributed by atoms with Gasteiger partial charge >= 0.3 is 6.03 Å². The third kappa shape index (κ3) is 3.95. The molecule has 0 radical (unpaired) electrons. The number of urea groups is 1. The van der Waals surface area contributed by atoms with Crippen molar-refractivity contribution < 1.29 is 14.0 Å². The molecule has 1 aromatic heterocycles. The van der Waals surface area contributed by atoms with Crippen molar-refractivity contribution in [1.29, 1.82) is 0 Å². The van der Waals surface area contributed by atoms with Crippen molar-refractivity contribution >= 4 is 17.6 Å². The third-order valence-corrected chi connectivity index (χ3v) is 4.07. The fourth-order valence-electron chi connectivity index (χ4n) is 2.94. The maximum atomic E-state index is 12.1. The first kappa shape index (κ1) is 16.1. The zero-order chi connectivity index (χ0) is 16.9. The molecule has 126 valence electrons. The summed E-state index contributed by atoms with van der Waals surface area (Å²) in [7, 11) is 0. The van der Waals surface area contributed by atoms with Crippen LogP contribution in [0.15, 0.2) is 41.0 Å². The van der Waals surface area contributed by atoms with Crippen LogP contribution < -0.4 is 16.0 Å². The number of amides is 3. The van der Waals surface area contributed by atoms with E-state index in [1.54, 1.807) is 12.3 Å². The highest BCUT2D eigenvalue weighted by Crippen LogP contribution is 2.30. The van der Waals surface area contributed by atoms with Crippen LogP contribution in [0.1, 0.15) is 35.8 Å². The second kappa shape index (κ2) is 7.21. The molecule has 1 unspecified atom stereocenters. The van der Waals surface area contributed by atoms with Gasteiger partial charge in [0, 0.05) is 17.7 Å². The van der Waals surface area contributed by atoms with E-state index >= 15 is 0 Å². The summed E-state index contributed by atoms with van der Waals surface area (Å²) in [5.74, 6) is 0.727. The smallest absolute Gasteiger partial charge is 0.319 e. The van der Waals surface area contributed by atoms with Crippen LogP contribution in [0.5, 0.6) is 0 Å². The van der Waals surface area contributed by atoms with Gasteiger partial charge in [0.25, 0.3) is 0 Å². The molecule has 0 spiro atoms. The number of hydrogen-bond acceptors (Lipinski definition) is 3. The Morgan fingerprint density at radius 3 is 3.00 bits per heavy atom. The standard InChI is InChI=1S/C18H21N3O3/c1-12-4-2-5-13(10-12)20-18(23)19-11-17(22)21-15-6-3-7-16-14(15)8-9-24-16/h2,4-5,8-10,15H,3,6-7,11H2,1H3,(H,21,22)(H2,19,20,23). The van der Waals surface area contributed by atoms with Gasteiger partial charge < -0.3 is 20.4 Å². The Kier molecular flexibility index (Phi) is 4.84. The number of furan rings is 1. The van der Waals surface area contributed by atoms with E-state index in [-0.39, 0.29) is 18.5 Å². The molecule has 0 saturated heterocycles. The Morgan fingerprint density at radius 1 is 1.29 bits per heavy atom. The molecule has 1 atom stereocenters. The summed E-state index contributed by atoms with van der Waals surface area (Å²) in [6.45, 7) is 1.88. The number of rotatable bonds is 4. The Bertz CT molecular complexity index is 739. The predicted molar refractivity (Wildman–Crippen MR) is 90.7 cm³/mol. The monoisotopic (exact) mass is 327 g/mol. The van der Waals surface area contributed by atoms with Crippen molar-refractivity contribution in [2.24, 2.45) is 0 Å². The largest absolute Gasteiger partial charge is 0.469 e. The molecule has 0 aliphatic heterocycles. The SMILES string of the molecule is Cc1cccc(NC(=O)NCC(=O)NC2CCCc3occc32)c1. The Hall–Kier alpha value is -2.76. The predicted octanol–water partition coefficient (Wildman–Crippen LogP) is 2.90. The van der Waals surface area contributed by atoms with E-state index in [1.165, 1.54) is 0 Å². The molecule has 6 nitrogen and oxygen atoms in total. The maximum absolute atomic E-state index is 12.1. The van der Waals surface area contributed by atoms with Gasteiger partial charge in [0.2, 0.25) is 5.91 Å². The van der Waals surface area contributed by atoms with Crippen LogP contribution in [-0.4, -0.2) is 18.5 Å². The summed E-state index contributed by atoms with van der Waals surface area (Å²) in [5, 5.41) is 8.23. The van der Waals surface area contributed by atoms with E-state index in [0.717, 1.165) is 36.1 Å². The highest BCUT2D eigenvalue weighted by atomic mass is 16.3. The van der Waals surface area contributed by atoms with Gasteiger partial charge in [-0.2, -0.15) is 0 Å². The maximum Gasteiger partial charge on any atom is 0.319 e. The van der Waals surface area contributed by atoms with E-state index in [2.05, 4.69) is 16.0 Å². The van der Waals surface area contributed by atoms with Crippen LogP contribution in [-0.2, 0) is 11.2 Å². The van der Waals surface area contributed by atoms with Crippen molar-refractivity contribution in [3.63, 3.8) is 0 Å². The molecule has 0 bridgehead atoms. The first-order valence-electron chi connectivity index (χ1n) is 8.09. The van der Waals surface area contributed by atoms with Crippen LogP contribution in [0.25, 0.3) is 0 Å². The first-order chi connectivity index (χ1) is 11.6. The van der Waals surface area contributed by atoms with Crippen molar-refractivity contribution in [1.82, 2.24) is 10.6 Å². The van der Waals surface area contributed by atoms with Crippen molar-refractivity contribution in [3.05, 3.63) is 53.5 Å². The van der Waals surface area contributed by atoms with Crippen molar-refractivity contribution in [2.75, 3.05) is 11.9 Å². The van der Waals surface area contributed by atoms with Gasteiger partial charge in [0.1, 0.15) is 5.76 Å². The summed E-state index contributed by atoms with van der Waals surface area (Å²) < 4.78 is 5.41. The summed E-state index contributed by atoms with van der Waals surface area (Å²) in [4.78, 5) is 23.9. The Morgan fingerprint density at radius 2 is 2.17 bits per heavy atom. The van der Waals surface area contributed by atoms with Gasteiger partial charge in [-0.3, -0.25) is 4.79 Å². The molecule has 3 rings (SSSR count). The molecule has 24 heavy (non-hydrogen) atoms. The van der Waals surface area contributed by atoms with Gasteiger partial charge in [-0.15, -0.1) is 0 Å². The Balaban J connectivity index is 1.47. The average molecular weight is 327 g/mol. The molecule has 3 N–H and O–H groups in total. The minimum atomic E-state index is -0.400. The minimum Gasteiger partial charge on any atom is -0.469 e. The molecule has 2 aromatic rings. The summed E-state index contributed by atoms with van der Waals surface area (Å²) in [6.07, 6.45) is 4.43. The van der Waals surface area contributed by atoms with Crippen LogP contribution in [0, 0.1) is 6.92 Å². The van der Waals surface area contributed by atoms with E-state index in [9.17, 15) is 9.59 Å². The molecule has 6 heteroatoms. The zero-order valence-corrected chi connectivity index (χ0v) is 13.6. The van der Waals surface area contributed by atoms with E-state index in [1.807, 2.05) is 31.2 Å². The van der Waals surface area contributed by atoms with Crippen LogP contribution >= 0.6 is 0 Å². The van der Waals surface area contributed by atoms with Crippen LogP contribution in [0.4, 0.5) is 10.5 Å². The quantitative estimate of drug-likeness (QED) is 0.807. The summed E-state index contributed by atoms with van der Waals surface area (Å²) >= 11 is 0. The number of nitrogens with one attached hydrogen (secondary N) is 3. The van der Waals surface area contributed by atoms with Gasteiger partial charge in [-0.25, -0.2) is 4.79 Å². The number of hydrogen-bond donors (Lipinski definition) is 3. The molecule has 1 aliphatic carbocycles. The minimum absolute atomic E-state index is 0.0402. The number of aryl methyl sites for hydroxylation is 2. The lowest BCUT2D eigenvalue weighted by atomic mass is 9.93. The van der Waals surface area contributed by atoms with Gasteiger partial charge in [-0.05, 0) is 43.5 Å². The molecule has 1 aromatic carbocycles. The lowest BCUT2D eigenvalue weighted by Gasteiger charge is -2.22. The van der Waals surface area contributed by atoms with E-state index in [4.69, 9.17) is 4.42 Å². The normalized spacial score (nSPS) is 16.1. The lowest BCUT2D eigenvalue weighted by Crippen LogP contribution is -2.40. The molecule has 0 fully saturated rings. The van der Waals surface area contributed by atoms with E-state index < -0.39 is 6.03 Å². The highest BCUT2D eigenvalue weighted by Gasteiger charge is 2.23. The Labute approximate surface area is 140 Å². The van der Waals surface area contributed by atoms with E-state index in [0.29, 0.717) is 5.69 Å². The molecule has 3 amide bonds. The fraction of sp³-hybridized carbons (Fsp3) is 0.333. The number of carbonyl (C=O) groups excluding carboxylic acids is 2. The number of benzene rings is 1. The number of anilines is 1. The van der Waals surface area contributed by atoms with Gasteiger partial charge in [-0.1, -0.05) is 12.1 Å². The van der Waals surface area contributed by atoms with Gasteiger partial charge in [0.15, 0.2) is 0 Å². The average Bonchev–Trinajstić information content (AvgIpc) is 3.03. The van der Waals surface area contributed by atoms with Gasteiger partial charge in [0.05, 0.1) is 18.8 Å². The second-order valence-corrected chi connectivity index (χ2v) is 5.99. The number of fused-ring (bicyclic) bond motifs is 1. The topological polar surface area (TPSA) is 83.4 Å². The molecule has 1 aliphatic rings. The highest BCUT2D eigenvalue weighted by molar-refractivity contribution is 5.92. The first-order valence-corrected chi connectivity index (χ1v) is 8.09. The molecular formula is C18H21N3O3. The summed E-state index contributed by atoms with van der Waals surface area (Å²) in [5.41, 5.74) is 2.79. The fourth-order valence-corrected chi connectivity index (χ4v) is 2.94. The third-order valence-electron chi connectivity index (χ3n) is 4.07. The molecular weight excluding hydrogens is 306 g/mol. The molecule has 1 heterocycles. The van der Waals surface area contributed by atoms with Crippen LogP contribution in [0.3, 0.4) is 0 Å². The second-order valence-electron chi connectivity index (χ2n) is 5.99. The summed E-state index contributed by atoms with van der Waals surface area (Å²) in [6, 6.07) is 8.94. The molecule has 0 saturated carbocycles. The van der Waals surface area contributed by atoms with Crippen molar-refractivity contribution in [2.45, 2.75) is 32.2 Å². The number of carbonyl (C=O) groups is 2. The van der Waals surface area contributed by atoms with Crippen LogP contribution in [0.2, 0.25) is 0 Å². The van der Waals surface area contributed by atoms with Crippen molar-refractivity contribution in [3.8, 4) is 0 Å².